The van der Waals surface area contributed by atoms with E-state index in [-0.39, 0.29) is 5.82 Å². The molecule has 1 aromatic heterocycles. The van der Waals surface area contributed by atoms with E-state index in [0.29, 0.717) is 5.56 Å². The molecule has 1 saturated heterocycles. The molecule has 0 N–H and O–H groups in total. The number of rotatable bonds is 7. The molecule has 2 aromatic rings. The largest absolute Gasteiger partial charge is 0.368 e. The SMILES string of the molecule is C=CN(CCC)c1ccc(C(=C)N2CCN(c3nc(C)c(C)cc3C)CC2)c(F)c1. The molecule has 0 amide bonds. The molecule has 1 aliphatic heterocycles. The first-order valence-corrected chi connectivity index (χ1v) is 10.7. The first-order chi connectivity index (χ1) is 14.3. The Morgan fingerprint density at radius 2 is 1.83 bits per heavy atom. The number of pyridine rings is 1. The fourth-order valence-corrected chi connectivity index (χ4v) is 3.99. The van der Waals surface area contributed by atoms with Crippen molar-refractivity contribution in [3.05, 3.63) is 71.8 Å². The lowest BCUT2D eigenvalue weighted by molar-refractivity contribution is 0.365. The van der Waals surface area contributed by atoms with E-state index in [1.54, 1.807) is 12.3 Å². The van der Waals surface area contributed by atoms with Crippen LogP contribution < -0.4 is 9.80 Å². The van der Waals surface area contributed by atoms with E-state index in [1.165, 1.54) is 11.1 Å². The summed E-state index contributed by atoms with van der Waals surface area (Å²) in [5.41, 5.74) is 5.61. The number of anilines is 2. The van der Waals surface area contributed by atoms with Gasteiger partial charge in [0.05, 0.1) is 0 Å². The van der Waals surface area contributed by atoms with E-state index in [4.69, 9.17) is 4.98 Å². The zero-order valence-corrected chi connectivity index (χ0v) is 18.7. The molecule has 1 aromatic carbocycles. The van der Waals surface area contributed by atoms with Gasteiger partial charge in [0.1, 0.15) is 11.6 Å². The van der Waals surface area contributed by atoms with Crippen LogP contribution in [0.1, 0.15) is 35.7 Å². The van der Waals surface area contributed by atoms with Gasteiger partial charge >= 0.3 is 0 Å². The van der Waals surface area contributed by atoms with Crippen molar-refractivity contribution in [3.63, 3.8) is 0 Å². The Labute approximate surface area is 180 Å². The van der Waals surface area contributed by atoms with Crippen molar-refractivity contribution in [2.75, 3.05) is 42.5 Å². The van der Waals surface area contributed by atoms with Crippen molar-refractivity contribution in [1.82, 2.24) is 9.88 Å². The summed E-state index contributed by atoms with van der Waals surface area (Å²) in [7, 11) is 0. The van der Waals surface area contributed by atoms with Crippen LogP contribution in [0.25, 0.3) is 5.70 Å². The number of hydrogen-bond donors (Lipinski definition) is 0. The van der Waals surface area contributed by atoms with Gasteiger partial charge in [0.2, 0.25) is 0 Å². The molecule has 0 unspecified atom stereocenters. The molecular formula is C25H33FN4. The predicted molar refractivity (Wildman–Crippen MR) is 126 cm³/mol. The number of aromatic nitrogens is 1. The summed E-state index contributed by atoms with van der Waals surface area (Å²) < 4.78 is 14.9. The second kappa shape index (κ2) is 9.33. The van der Waals surface area contributed by atoms with Crippen LogP contribution in [0.3, 0.4) is 0 Å². The van der Waals surface area contributed by atoms with Crippen molar-refractivity contribution in [3.8, 4) is 0 Å². The van der Waals surface area contributed by atoms with E-state index in [0.717, 1.165) is 62.0 Å². The Morgan fingerprint density at radius 3 is 2.43 bits per heavy atom. The summed E-state index contributed by atoms with van der Waals surface area (Å²) in [5, 5.41) is 0. The predicted octanol–water partition coefficient (Wildman–Crippen LogP) is 5.30. The third kappa shape index (κ3) is 4.50. The van der Waals surface area contributed by atoms with Gasteiger partial charge in [-0.05, 0) is 62.7 Å². The maximum absolute atomic E-state index is 14.9. The Kier molecular flexibility index (Phi) is 6.80. The van der Waals surface area contributed by atoms with Gasteiger partial charge in [-0.15, -0.1) is 0 Å². The van der Waals surface area contributed by atoms with Crippen LogP contribution in [-0.2, 0) is 0 Å². The van der Waals surface area contributed by atoms with Gasteiger partial charge in [-0.3, -0.25) is 0 Å². The van der Waals surface area contributed by atoms with Gasteiger partial charge in [-0.2, -0.15) is 0 Å². The Balaban J connectivity index is 1.69. The standard InChI is InChI=1S/C25H33FN4/c1-7-11-28(8-2)22-9-10-23(24(26)17-22)21(6)29-12-14-30(15-13-29)25-19(4)16-18(3)20(5)27-25/h8-10,16-17H,2,6-7,11-15H2,1,3-5H3. The normalized spacial score (nSPS) is 14.0. The Hall–Kier alpha value is -2.82. The second-order valence-corrected chi connectivity index (χ2v) is 7.99. The second-order valence-electron chi connectivity index (χ2n) is 7.99. The molecule has 1 fully saturated rings. The van der Waals surface area contributed by atoms with Crippen molar-refractivity contribution in [2.45, 2.75) is 34.1 Å². The maximum Gasteiger partial charge on any atom is 0.134 e. The van der Waals surface area contributed by atoms with Gasteiger partial charge in [-0.1, -0.05) is 26.1 Å². The van der Waals surface area contributed by atoms with E-state index in [9.17, 15) is 4.39 Å². The first-order valence-electron chi connectivity index (χ1n) is 10.7. The number of benzene rings is 1. The van der Waals surface area contributed by atoms with E-state index < -0.39 is 0 Å². The minimum atomic E-state index is -0.241. The lowest BCUT2D eigenvalue weighted by atomic mass is 10.1. The van der Waals surface area contributed by atoms with Crippen molar-refractivity contribution < 1.29 is 4.39 Å². The quantitative estimate of drug-likeness (QED) is 0.620. The smallest absolute Gasteiger partial charge is 0.134 e. The van der Waals surface area contributed by atoms with Crippen molar-refractivity contribution in [2.24, 2.45) is 0 Å². The molecule has 0 radical (unpaired) electrons. The Morgan fingerprint density at radius 1 is 1.13 bits per heavy atom. The average molecular weight is 409 g/mol. The topological polar surface area (TPSA) is 22.6 Å². The van der Waals surface area contributed by atoms with Crippen molar-refractivity contribution >= 4 is 17.2 Å². The summed E-state index contributed by atoms with van der Waals surface area (Å²) >= 11 is 0. The highest BCUT2D eigenvalue weighted by molar-refractivity contribution is 5.66. The van der Waals surface area contributed by atoms with Crippen LogP contribution in [-0.4, -0.2) is 42.6 Å². The molecule has 30 heavy (non-hydrogen) atoms. The highest BCUT2D eigenvalue weighted by atomic mass is 19.1. The third-order valence-electron chi connectivity index (χ3n) is 5.87. The van der Waals surface area contributed by atoms with Crippen LogP contribution in [0.15, 0.2) is 43.6 Å². The fourth-order valence-electron chi connectivity index (χ4n) is 3.99. The van der Waals surface area contributed by atoms with E-state index in [2.05, 4.69) is 56.7 Å². The monoisotopic (exact) mass is 408 g/mol. The van der Waals surface area contributed by atoms with Gasteiger partial charge in [0, 0.05) is 55.4 Å². The molecule has 0 atom stereocenters. The third-order valence-corrected chi connectivity index (χ3v) is 5.87. The van der Waals surface area contributed by atoms with Crippen molar-refractivity contribution in [1.29, 1.82) is 0 Å². The summed E-state index contributed by atoms with van der Waals surface area (Å²) in [4.78, 5) is 11.3. The number of hydrogen-bond acceptors (Lipinski definition) is 4. The molecule has 160 valence electrons. The fraction of sp³-hybridized carbons (Fsp3) is 0.400. The molecule has 1 aliphatic rings. The first kappa shape index (κ1) is 21.9. The highest BCUT2D eigenvalue weighted by Crippen LogP contribution is 2.28. The molecule has 0 bridgehead atoms. The van der Waals surface area contributed by atoms with Gasteiger partial charge < -0.3 is 14.7 Å². The zero-order chi connectivity index (χ0) is 21.8. The Bertz CT molecular complexity index is 929. The number of piperazine rings is 1. The molecule has 4 nitrogen and oxygen atoms in total. The van der Waals surface area contributed by atoms with Gasteiger partial charge in [0.15, 0.2) is 0 Å². The minimum absolute atomic E-state index is 0.241. The summed E-state index contributed by atoms with van der Waals surface area (Å²) in [6, 6.07) is 7.56. The summed E-state index contributed by atoms with van der Waals surface area (Å²) in [6.45, 7) is 20.5. The number of halogens is 1. The van der Waals surface area contributed by atoms with Gasteiger partial charge in [-0.25, -0.2) is 9.37 Å². The lowest BCUT2D eigenvalue weighted by Gasteiger charge is -2.38. The summed E-state index contributed by atoms with van der Waals surface area (Å²) in [6.07, 6.45) is 2.72. The van der Waals surface area contributed by atoms with Gasteiger partial charge in [0.25, 0.3) is 0 Å². The molecule has 0 saturated carbocycles. The van der Waals surface area contributed by atoms with Crippen LogP contribution in [0.4, 0.5) is 15.9 Å². The molecule has 0 aliphatic carbocycles. The van der Waals surface area contributed by atoms with Crippen LogP contribution in [0.2, 0.25) is 0 Å². The lowest BCUT2D eigenvalue weighted by Crippen LogP contribution is -2.46. The number of aryl methyl sites for hydroxylation is 3. The maximum atomic E-state index is 14.9. The van der Waals surface area contributed by atoms with Crippen LogP contribution in [0.5, 0.6) is 0 Å². The molecular weight excluding hydrogens is 375 g/mol. The molecule has 5 heteroatoms. The zero-order valence-electron chi connectivity index (χ0n) is 18.7. The van der Waals surface area contributed by atoms with Crippen LogP contribution >= 0.6 is 0 Å². The molecule has 3 rings (SSSR count). The molecule has 2 heterocycles. The van der Waals surface area contributed by atoms with Crippen LogP contribution in [0, 0.1) is 26.6 Å². The summed E-state index contributed by atoms with van der Waals surface area (Å²) in [5.74, 6) is 0.814. The minimum Gasteiger partial charge on any atom is -0.368 e. The average Bonchev–Trinajstić information content (AvgIpc) is 2.74. The van der Waals surface area contributed by atoms with E-state index in [1.807, 2.05) is 17.0 Å². The molecule has 0 spiro atoms. The number of nitrogens with zero attached hydrogens (tertiary/aromatic N) is 4. The highest BCUT2D eigenvalue weighted by Gasteiger charge is 2.22. The van der Waals surface area contributed by atoms with E-state index >= 15 is 0 Å².